The van der Waals surface area contributed by atoms with Crippen LogP contribution in [0, 0.1) is 5.92 Å². The van der Waals surface area contributed by atoms with Gasteiger partial charge >= 0.3 is 0 Å². The van der Waals surface area contributed by atoms with E-state index in [9.17, 15) is 0 Å². The van der Waals surface area contributed by atoms with Gasteiger partial charge in [0, 0.05) is 0 Å². The van der Waals surface area contributed by atoms with Gasteiger partial charge < -0.3 is 0 Å². The smallest absolute Gasteiger partial charge is 0.0287 e. The Balaban J connectivity index is -0.000000196. The Morgan fingerprint density at radius 3 is 1.73 bits per heavy atom. The van der Waals surface area contributed by atoms with E-state index >= 15 is 0 Å². The van der Waals surface area contributed by atoms with E-state index in [0.717, 1.165) is 0 Å². The quantitative estimate of drug-likeness (QED) is 0.519. The minimum absolute atomic E-state index is 0. The summed E-state index contributed by atoms with van der Waals surface area (Å²) in [5, 5.41) is 0. The molecule has 0 nitrogen and oxygen atoms in total. The zero-order valence-electron chi connectivity index (χ0n) is 7.89. The molecule has 0 aliphatic heterocycles. The lowest BCUT2D eigenvalue weighted by Crippen LogP contribution is -1.74. The first kappa shape index (κ1) is 16.8. The third kappa shape index (κ3) is 26.4. The highest BCUT2D eigenvalue weighted by molar-refractivity contribution is 5.01. The normalized spacial score (nSPS) is 9.64. The minimum Gasteiger partial charge on any atom is -0.0877 e. The van der Waals surface area contributed by atoms with Gasteiger partial charge in [0.25, 0.3) is 0 Å². The minimum atomic E-state index is 0. The first-order valence-corrected chi connectivity index (χ1v) is 4.07. The molecule has 0 saturated carbocycles. The fourth-order valence-electron chi connectivity index (χ4n) is 0.397. The molecule has 0 rings (SSSR count). The Labute approximate surface area is 73.0 Å². The van der Waals surface area contributed by atoms with Gasteiger partial charge in [0.15, 0.2) is 0 Å². The van der Waals surface area contributed by atoms with Gasteiger partial charge in [0.1, 0.15) is 0 Å². The molecule has 0 spiro atoms. The topological polar surface area (TPSA) is 0 Å². The molecule has 0 atom stereocenters. The van der Waals surface area contributed by atoms with Crippen molar-refractivity contribution in [2.45, 2.75) is 42.0 Å². The van der Waals surface area contributed by atoms with Crippen LogP contribution in [0.15, 0.2) is 24.3 Å². The summed E-state index contributed by atoms with van der Waals surface area (Å²) >= 11 is 0. The summed E-state index contributed by atoms with van der Waals surface area (Å²) < 4.78 is 0. The molecule has 0 amide bonds. The molecule has 0 aromatic heterocycles. The van der Waals surface area contributed by atoms with Crippen LogP contribution in [-0.2, 0) is 0 Å². The van der Waals surface area contributed by atoms with Crippen LogP contribution in [0.5, 0.6) is 0 Å². The maximum Gasteiger partial charge on any atom is -0.0287 e. The van der Waals surface area contributed by atoms with E-state index in [4.69, 9.17) is 0 Å². The van der Waals surface area contributed by atoms with E-state index in [2.05, 4.69) is 26.0 Å². The largest absolute Gasteiger partial charge is 0.0877 e. The van der Waals surface area contributed by atoms with Crippen molar-refractivity contribution in [3.8, 4) is 0 Å². The molecule has 0 aliphatic carbocycles. The van der Waals surface area contributed by atoms with Crippen LogP contribution in [0.4, 0.5) is 0 Å². The van der Waals surface area contributed by atoms with Crippen molar-refractivity contribution < 1.29 is 0 Å². The monoisotopic (exact) mass is 156 g/mol. The summed E-state index contributed by atoms with van der Waals surface area (Å²) in [6, 6.07) is 0. The van der Waals surface area contributed by atoms with E-state index in [1.54, 1.807) is 0 Å². The molecule has 0 bridgehead atoms. The second-order valence-corrected chi connectivity index (χ2v) is 2.15. The Kier molecular flexibility index (Phi) is 24.8. The number of allylic oxidation sites excluding steroid dienone is 4. The lowest BCUT2D eigenvalue weighted by Gasteiger charge is -1.88. The summed E-state index contributed by atoms with van der Waals surface area (Å²) in [4.78, 5) is 0. The molecule has 11 heavy (non-hydrogen) atoms. The molecule has 0 radical (unpaired) electrons. The van der Waals surface area contributed by atoms with Gasteiger partial charge in [0.05, 0.1) is 0 Å². The van der Waals surface area contributed by atoms with Crippen molar-refractivity contribution in [2.24, 2.45) is 5.92 Å². The van der Waals surface area contributed by atoms with E-state index in [1.807, 2.05) is 32.9 Å². The van der Waals surface area contributed by atoms with Crippen molar-refractivity contribution in [3.05, 3.63) is 24.3 Å². The lowest BCUT2D eigenvalue weighted by molar-refractivity contribution is 0.832. The van der Waals surface area contributed by atoms with Crippen LogP contribution in [0.2, 0.25) is 0 Å². The van der Waals surface area contributed by atoms with Crippen LogP contribution in [-0.4, -0.2) is 0 Å². The van der Waals surface area contributed by atoms with Gasteiger partial charge in [-0.3, -0.25) is 0 Å². The fraction of sp³-hybridized carbons (Fsp3) is 0.636. The summed E-state index contributed by atoms with van der Waals surface area (Å²) in [5.74, 6) is 0.672. The molecule has 0 aromatic rings. The van der Waals surface area contributed by atoms with Crippen LogP contribution < -0.4 is 0 Å². The van der Waals surface area contributed by atoms with Crippen LogP contribution in [0.1, 0.15) is 42.0 Å². The van der Waals surface area contributed by atoms with E-state index in [-0.39, 0.29) is 7.43 Å². The molecular weight excluding hydrogens is 132 g/mol. The van der Waals surface area contributed by atoms with Crippen LogP contribution in [0.25, 0.3) is 0 Å². The van der Waals surface area contributed by atoms with Crippen molar-refractivity contribution in [3.63, 3.8) is 0 Å². The van der Waals surface area contributed by atoms with E-state index in [1.165, 1.54) is 0 Å². The molecule has 0 fully saturated rings. The van der Waals surface area contributed by atoms with Gasteiger partial charge in [-0.2, -0.15) is 0 Å². The average molecular weight is 156 g/mol. The van der Waals surface area contributed by atoms with Crippen LogP contribution >= 0.6 is 0 Å². The number of hydrogen-bond acceptors (Lipinski definition) is 0. The molecule has 0 aromatic carbocycles. The third-order valence-corrected chi connectivity index (χ3v) is 0.800. The summed E-state index contributed by atoms with van der Waals surface area (Å²) in [6.45, 7) is 10.4. The van der Waals surface area contributed by atoms with Crippen LogP contribution in [0.3, 0.4) is 0 Å². The number of rotatable bonds is 2. The second-order valence-electron chi connectivity index (χ2n) is 2.15. The maximum atomic E-state index is 2.17. The molecule has 0 aliphatic rings. The molecule has 0 unspecified atom stereocenters. The third-order valence-electron chi connectivity index (χ3n) is 0.800. The summed E-state index contributed by atoms with van der Waals surface area (Å²) in [7, 11) is 0. The van der Waals surface area contributed by atoms with Gasteiger partial charge in [0.2, 0.25) is 0 Å². The highest BCUT2D eigenvalue weighted by Gasteiger charge is 1.77. The van der Waals surface area contributed by atoms with Crippen molar-refractivity contribution in [1.82, 2.24) is 0 Å². The van der Waals surface area contributed by atoms with E-state index < -0.39 is 0 Å². The standard InChI is InChI=1S/C8H14.C2H6.CH4/c1-4-5-6-7-8(2)3;1-2;/h4-8H,1-3H3;1-2H3;1H4/b5-4-,7-6-;;. The SMILES string of the molecule is C.C/C=C\C=C/C(C)C.CC. The lowest BCUT2D eigenvalue weighted by atomic mass is 10.2. The summed E-state index contributed by atoms with van der Waals surface area (Å²) in [5.41, 5.74) is 0. The fourth-order valence-corrected chi connectivity index (χ4v) is 0.397. The van der Waals surface area contributed by atoms with Gasteiger partial charge in [-0.15, -0.1) is 0 Å². The zero-order valence-corrected chi connectivity index (χ0v) is 7.89. The molecule has 0 saturated heterocycles. The predicted molar refractivity (Wildman–Crippen MR) is 56.9 cm³/mol. The molecule has 0 heterocycles. The summed E-state index contributed by atoms with van der Waals surface area (Å²) in [6.07, 6.45) is 8.31. The Morgan fingerprint density at radius 2 is 1.45 bits per heavy atom. The molecule has 0 N–H and O–H groups in total. The van der Waals surface area contributed by atoms with Crippen molar-refractivity contribution >= 4 is 0 Å². The molecule has 68 valence electrons. The predicted octanol–water partition coefficient (Wildman–Crippen LogP) is 4.44. The van der Waals surface area contributed by atoms with Crippen molar-refractivity contribution in [2.75, 3.05) is 0 Å². The second kappa shape index (κ2) is 16.2. The van der Waals surface area contributed by atoms with Gasteiger partial charge in [-0.25, -0.2) is 0 Å². The van der Waals surface area contributed by atoms with Gasteiger partial charge in [-0.1, -0.05) is 59.4 Å². The molecule has 0 heteroatoms. The Morgan fingerprint density at radius 1 is 1.00 bits per heavy atom. The maximum absolute atomic E-state index is 2.17. The Hall–Kier alpha value is -0.520. The average Bonchev–Trinajstić information content (AvgIpc) is 1.92. The first-order valence-electron chi connectivity index (χ1n) is 4.07. The number of hydrogen-bond donors (Lipinski definition) is 0. The van der Waals surface area contributed by atoms with Crippen molar-refractivity contribution in [1.29, 1.82) is 0 Å². The van der Waals surface area contributed by atoms with E-state index in [0.29, 0.717) is 5.92 Å². The Bertz CT molecular complexity index is 86.2. The first-order chi connectivity index (χ1) is 4.77. The highest BCUT2D eigenvalue weighted by Crippen LogP contribution is 1.92. The zero-order chi connectivity index (χ0) is 8.41. The van der Waals surface area contributed by atoms with Gasteiger partial charge in [-0.05, 0) is 12.8 Å². The highest BCUT2D eigenvalue weighted by atomic mass is 13.8. The molecular formula is C11H24.